The van der Waals surface area contributed by atoms with Crippen molar-refractivity contribution in [1.29, 1.82) is 0 Å². The molecule has 1 atom stereocenters. The van der Waals surface area contributed by atoms with Gasteiger partial charge in [0.25, 0.3) is 0 Å². The molecule has 0 bridgehead atoms. The molecule has 29 heavy (non-hydrogen) atoms. The van der Waals surface area contributed by atoms with Gasteiger partial charge in [-0.2, -0.15) is 0 Å². The average molecular weight is 413 g/mol. The first-order valence-electron chi connectivity index (χ1n) is 8.87. The van der Waals surface area contributed by atoms with Gasteiger partial charge in [0.2, 0.25) is 11.8 Å². The Labute approximate surface area is 172 Å². The Morgan fingerprint density at radius 1 is 1.34 bits per heavy atom. The second kappa shape index (κ2) is 9.38. The maximum absolute atomic E-state index is 13.0. The van der Waals surface area contributed by atoms with Gasteiger partial charge in [-0.3, -0.25) is 14.5 Å². The van der Waals surface area contributed by atoms with E-state index in [4.69, 9.17) is 4.74 Å². The summed E-state index contributed by atoms with van der Waals surface area (Å²) in [6.07, 6.45) is 1.59. The molecule has 2 amide bonds. The number of nitrogens with one attached hydrogen (secondary N) is 1. The first-order chi connectivity index (χ1) is 14.0. The third-order valence-electron chi connectivity index (χ3n) is 4.11. The molecule has 1 aliphatic heterocycles. The van der Waals surface area contributed by atoms with E-state index in [1.54, 1.807) is 31.4 Å². The van der Waals surface area contributed by atoms with Crippen LogP contribution in [-0.2, 0) is 9.59 Å². The van der Waals surface area contributed by atoms with Gasteiger partial charge in [-0.05, 0) is 36.4 Å². The number of anilines is 1. The molecule has 0 saturated carbocycles. The van der Waals surface area contributed by atoms with Crippen molar-refractivity contribution in [2.45, 2.75) is 11.7 Å². The normalized spacial score (nSPS) is 17.4. The number of ether oxygens (including phenoxy) is 1. The Hall–Kier alpha value is -3.13. The summed E-state index contributed by atoms with van der Waals surface area (Å²) in [6, 6.07) is 12.6. The Morgan fingerprint density at radius 2 is 2.10 bits per heavy atom. The van der Waals surface area contributed by atoms with E-state index in [0.29, 0.717) is 28.8 Å². The van der Waals surface area contributed by atoms with Crippen molar-refractivity contribution in [3.63, 3.8) is 0 Å². The molecule has 2 aromatic carbocycles. The zero-order chi connectivity index (χ0) is 20.8. The molecule has 6 nitrogen and oxygen atoms in total. The smallest absolute Gasteiger partial charge is 0.242 e. The number of aliphatic imine (C=N–C) groups is 1. The predicted molar refractivity (Wildman–Crippen MR) is 113 cm³/mol. The van der Waals surface area contributed by atoms with Gasteiger partial charge >= 0.3 is 0 Å². The summed E-state index contributed by atoms with van der Waals surface area (Å²) >= 11 is 1.23. The minimum Gasteiger partial charge on any atom is -0.497 e. The van der Waals surface area contributed by atoms with Crippen molar-refractivity contribution in [3.05, 3.63) is 67.0 Å². The summed E-state index contributed by atoms with van der Waals surface area (Å²) in [5.74, 6) is -0.260. The van der Waals surface area contributed by atoms with Crippen LogP contribution in [0.15, 0.2) is 66.2 Å². The highest BCUT2D eigenvalue weighted by Gasteiger charge is 2.38. The molecule has 1 aliphatic rings. The lowest BCUT2D eigenvalue weighted by atomic mass is 10.2. The fourth-order valence-electron chi connectivity index (χ4n) is 2.73. The van der Waals surface area contributed by atoms with E-state index in [1.807, 2.05) is 6.07 Å². The van der Waals surface area contributed by atoms with Crippen LogP contribution in [0, 0.1) is 5.82 Å². The van der Waals surface area contributed by atoms with Crippen molar-refractivity contribution in [2.24, 2.45) is 4.99 Å². The lowest BCUT2D eigenvalue weighted by molar-refractivity contribution is -0.127. The Kier molecular flexibility index (Phi) is 6.66. The van der Waals surface area contributed by atoms with Crippen LogP contribution in [0.25, 0.3) is 0 Å². The van der Waals surface area contributed by atoms with Gasteiger partial charge in [-0.15, -0.1) is 6.58 Å². The van der Waals surface area contributed by atoms with Crippen LogP contribution in [0.4, 0.5) is 15.8 Å². The van der Waals surface area contributed by atoms with Crippen molar-refractivity contribution >= 4 is 40.1 Å². The zero-order valence-corrected chi connectivity index (χ0v) is 16.6. The van der Waals surface area contributed by atoms with Crippen molar-refractivity contribution in [3.8, 4) is 5.75 Å². The number of amidine groups is 1. The molecule has 1 saturated heterocycles. The predicted octanol–water partition coefficient (Wildman–Crippen LogP) is 3.98. The molecule has 0 aliphatic carbocycles. The first kappa shape index (κ1) is 20.6. The molecule has 0 aromatic heterocycles. The Morgan fingerprint density at radius 3 is 2.79 bits per heavy atom. The third kappa shape index (κ3) is 5.23. The molecular weight excluding hydrogens is 393 g/mol. The molecule has 1 heterocycles. The van der Waals surface area contributed by atoms with E-state index in [-0.39, 0.29) is 24.1 Å². The molecule has 0 radical (unpaired) electrons. The third-order valence-corrected chi connectivity index (χ3v) is 5.28. The van der Waals surface area contributed by atoms with Gasteiger partial charge in [0.1, 0.15) is 16.8 Å². The highest BCUT2D eigenvalue weighted by Crippen LogP contribution is 2.32. The van der Waals surface area contributed by atoms with Crippen LogP contribution in [0.2, 0.25) is 0 Å². The van der Waals surface area contributed by atoms with E-state index in [1.165, 1.54) is 40.9 Å². The average Bonchev–Trinajstić information content (AvgIpc) is 2.99. The van der Waals surface area contributed by atoms with Gasteiger partial charge in [-0.1, -0.05) is 23.9 Å². The monoisotopic (exact) mass is 413 g/mol. The van der Waals surface area contributed by atoms with E-state index >= 15 is 0 Å². The SMILES string of the molecule is C=CCN1C(=O)C(CC(=O)Nc2ccc(F)cc2)SC1=Nc1cccc(OC)c1. The van der Waals surface area contributed by atoms with Crippen molar-refractivity contribution < 1.29 is 18.7 Å². The number of methoxy groups -OCH3 is 1. The van der Waals surface area contributed by atoms with Gasteiger partial charge < -0.3 is 10.1 Å². The molecule has 1 unspecified atom stereocenters. The van der Waals surface area contributed by atoms with Crippen LogP contribution in [0.5, 0.6) is 5.75 Å². The van der Waals surface area contributed by atoms with E-state index in [2.05, 4.69) is 16.9 Å². The number of nitrogens with zero attached hydrogens (tertiary/aromatic N) is 2. The van der Waals surface area contributed by atoms with Gasteiger partial charge in [-0.25, -0.2) is 9.38 Å². The van der Waals surface area contributed by atoms with Crippen molar-refractivity contribution in [2.75, 3.05) is 19.0 Å². The first-order valence-corrected chi connectivity index (χ1v) is 9.75. The quantitative estimate of drug-likeness (QED) is 0.697. The standard InChI is InChI=1S/C21H20FN3O3S/c1-3-11-25-20(27)18(13-19(26)23-15-9-7-14(22)8-10-15)29-21(25)24-16-5-4-6-17(12-16)28-2/h3-10,12,18H,1,11,13H2,2H3,(H,23,26). The Bertz CT molecular complexity index is 946. The molecule has 150 valence electrons. The minimum absolute atomic E-state index is 0.0222. The maximum Gasteiger partial charge on any atom is 0.242 e. The maximum atomic E-state index is 13.0. The number of amides is 2. The molecule has 1 fully saturated rings. The van der Waals surface area contributed by atoms with Gasteiger partial charge in [0.05, 0.1) is 12.8 Å². The van der Waals surface area contributed by atoms with E-state index < -0.39 is 5.25 Å². The van der Waals surface area contributed by atoms with Gasteiger partial charge in [0.15, 0.2) is 5.17 Å². The lowest BCUT2D eigenvalue weighted by Crippen LogP contribution is -2.33. The van der Waals surface area contributed by atoms with E-state index in [9.17, 15) is 14.0 Å². The summed E-state index contributed by atoms with van der Waals surface area (Å²) in [5, 5.41) is 2.58. The molecule has 8 heteroatoms. The highest BCUT2D eigenvalue weighted by atomic mass is 32.2. The van der Waals surface area contributed by atoms with Crippen LogP contribution in [0.3, 0.4) is 0 Å². The summed E-state index contributed by atoms with van der Waals surface area (Å²) in [5.41, 5.74) is 1.12. The number of rotatable bonds is 7. The fourth-order valence-corrected chi connectivity index (χ4v) is 3.89. The number of benzene rings is 2. The summed E-state index contributed by atoms with van der Waals surface area (Å²) in [4.78, 5) is 31.2. The second-order valence-corrected chi connectivity index (χ2v) is 7.37. The Balaban J connectivity index is 1.74. The topological polar surface area (TPSA) is 71.0 Å². The molecule has 2 aromatic rings. The van der Waals surface area contributed by atoms with Gasteiger partial charge in [0, 0.05) is 24.7 Å². The van der Waals surface area contributed by atoms with Crippen LogP contribution >= 0.6 is 11.8 Å². The molecule has 1 N–H and O–H groups in total. The number of hydrogen-bond acceptors (Lipinski definition) is 5. The minimum atomic E-state index is -0.597. The number of carbonyl (C=O) groups is 2. The fraction of sp³-hybridized carbons (Fsp3) is 0.190. The zero-order valence-electron chi connectivity index (χ0n) is 15.8. The molecular formula is C21H20FN3O3S. The van der Waals surface area contributed by atoms with Crippen molar-refractivity contribution in [1.82, 2.24) is 4.90 Å². The lowest BCUT2D eigenvalue weighted by Gasteiger charge is -2.14. The summed E-state index contributed by atoms with van der Waals surface area (Å²) in [7, 11) is 1.57. The summed E-state index contributed by atoms with van der Waals surface area (Å²) < 4.78 is 18.2. The molecule has 3 rings (SSSR count). The van der Waals surface area contributed by atoms with Crippen LogP contribution in [-0.4, -0.2) is 40.8 Å². The number of hydrogen-bond donors (Lipinski definition) is 1. The largest absolute Gasteiger partial charge is 0.497 e. The van der Waals surface area contributed by atoms with Crippen LogP contribution in [0.1, 0.15) is 6.42 Å². The number of carbonyl (C=O) groups excluding carboxylic acids is 2. The number of thioether (sulfide) groups is 1. The summed E-state index contributed by atoms with van der Waals surface area (Å²) in [6.45, 7) is 3.98. The van der Waals surface area contributed by atoms with Crippen LogP contribution < -0.4 is 10.1 Å². The van der Waals surface area contributed by atoms with E-state index in [0.717, 1.165) is 0 Å². The highest BCUT2D eigenvalue weighted by molar-refractivity contribution is 8.15. The number of halogens is 1. The second-order valence-electron chi connectivity index (χ2n) is 6.20. The molecule has 0 spiro atoms.